The summed E-state index contributed by atoms with van der Waals surface area (Å²) in [7, 11) is 0. The van der Waals surface area contributed by atoms with Gasteiger partial charge >= 0.3 is 0 Å². The third kappa shape index (κ3) is 2.55. The van der Waals surface area contributed by atoms with Crippen LogP contribution in [0.5, 0.6) is 0 Å². The van der Waals surface area contributed by atoms with Gasteiger partial charge in [-0.1, -0.05) is 18.5 Å². The molecule has 16 heavy (non-hydrogen) atoms. The zero-order valence-electron chi connectivity index (χ0n) is 8.80. The molecule has 0 aliphatic rings. The van der Waals surface area contributed by atoms with Crippen LogP contribution in [-0.4, -0.2) is 15.2 Å². The predicted octanol–water partition coefficient (Wildman–Crippen LogP) is 3.68. The minimum atomic E-state index is 0.706. The molecule has 2 aromatic rings. The van der Waals surface area contributed by atoms with Gasteiger partial charge in [-0.3, -0.25) is 5.10 Å². The average Bonchev–Trinajstić information content (AvgIpc) is 2.71. The van der Waals surface area contributed by atoms with Crippen LogP contribution in [-0.2, 0) is 6.42 Å². The first-order chi connectivity index (χ1) is 7.70. The van der Waals surface area contributed by atoms with Crippen LogP contribution in [0, 0.1) is 3.57 Å². The van der Waals surface area contributed by atoms with Crippen molar-refractivity contribution in [1.82, 2.24) is 15.2 Å². The van der Waals surface area contributed by atoms with Crippen molar-refractivity contribution >= 4 is 34.2 Å². The monoisotopic (exact) mass is 347 g/mol. The first kappa shape index (κ1) is 11.9. The van der Waals surface area contributed by atoms with Crippen molar-refractivity contribution in [3.8, 4) is 11.4 Å². The second-order valence-electron chi connectivity index (χ2n) is 3.48. The molecule has 0 unspecified atom stereocenters. The fourth-order valence-electron chi connectivity index (χ4n) is 1.43. The fourth-order valence-corrected chi connectivity index (χ4v) is 2.18. The van der Waals surface area contributed by atoms with Crippen molar-refractivity contribution in [2.24, 2.45) is 0 Å². The summed E-state index contributed by atoms with van der Waals surface area (Å²) < 4.78 is 1.10. The molecule has 0 saturated heterocycles. The molecule has 3 nitrogen and oxygen atoms in total. The quantitative estimate of drug-likeness (QED) is 0.861. The number of rotatable bonds is 3. The standard InChI is InChI=1S/C11H11ClIN3/c1-2-3-10-14-11(16-15-10)8-6-7(12)4-5-9(8)13/h4-6H,2-3H2,1H3,(H,14,15,16). The molecular weight excluding hydrogens is 336 g/mol. The number of H-pyrrole nitrogens is 1. The molecule has 1 aromatic heterocycles. The lowest BCUT2D eigenvalue weighted by Crippen LogP contribution is -1.87. The number of hydrogen-bond acceptors (Lipinski definition) is 2. The zero-order chi connectivity index (χ0) is 11.5. The maximum atomic E-state index is 5.97. The molecule has 1 N–H and O–H groups in total. The molecule has 0 spiro atoms. The second kappa shape index (κ2) is 5.14. The molecule has 0 fully saturated rings. The van der Waals surface area contributed by atoms with Crippen LogP contribution in [0.1, 0.15) is 19.2 Å². The Labute approximate surface area is 113 Å². The molecule has 0 atom stereocenters. The molecule has 84 valence electrons. The highest BCUT2D eigenvalue weighted by atomic mass is 127. The van der Waals surface area contributed by atoms with Gasteiger partial charge in [-0.15, -0.1) is 0 Å². The van der Waals surface area contributed by atoms with Crippen LogP contribution in [0.25, 0.3) is 11.4 Å². The Hall–Kier alpha value is -0.620. The van der Waals surface area contributed by atoms with Gasteiger partial charge in [-0.25, -0.2) is 4.98 Å². The molecule has 1 heterocycles. The first-order valence-electron chi connectivity index (χ1n) is 5.07. The van der Waals surface area contributed by atoms with E-state index in [2.05, 4.69) is 44.7 Å². The van der Waals surface area contributed by atoms with Crippen molar-refractivity contribution in [2.75, 3.05) is 0 Å². The molecule has 0 saturated carbocycles. The van der Waals surface area contributed by atoms with Gasteiger partial charge in [0.2, 0.25) is 0 Å². The molecule has 0 aliphatic heterocycles. The smallest absolute Gasteiger partial charge is 0.182 e. The fraction of sp³-hybridized carbons (Fsp3) is 0.273. The van der Waals surface area contributed by atoms with E-state index < -0.39 is 0 Å². The molecule has 1 aromatic carbocycles. The number of aromatic amines is 1. The highest BCUT2D eigenvalue weighted by Gasteiger charge is 2.09. The number of nitrogens with one attached hydrogen (secondary N) is 1. The second-order valence-corrected chi connectivity index (χ2v) is 5.08. The minimum Gasteiger partial charge on any atom is -0.263 e. The minimum absolute atomic E-state index is 0.706. The predicted molar refractivity (Wildman–Crippen MR) is 73.5 cm³/mol. The van der Waals surface area contributed by atoms with Crippen LogP contribution in [0.4, 0.5) is 0 Å². The Morgan fingerprint density at radius 2 is 2.25 bits per heavy atom. The van der Waals surface area contributed by atoms with Gasteiger partial charge in [-0.2, -0.15) is 5.10 Å². The maximum absolute atomic E-state index is 5.97. The van der Waals surface area contributed by atoms with Crippen molar-refractivity contribution in [3.63, 3.8) is 0 Å². The molecule has 0 amide bonds. The average molecular weight is 348 g/mol. The number of benzene rings is 1. The summed E-state index contributed by atoms with van der Waals surface area (Å²) in [5.41, 5.74) is 0.978. The van der Waals surface area contributed by atoms with Crippen LogP contribution >= 0.6 is 34.2 Å². The van der Waals surface area contributed by atoms with E-state index in [1.165, 1.54) is 0 Å². The summed E-state index contributed by atoms with van der Waals surface area (Å²) in [4.78, 5) is 4.44. The Bertz CT molecular complexity index is 496. The van der Waals surface area contributed by atoms with Crippen LogP contribution in [0.2, 0.25) is 5.02 Å². The van der Waals surface area contributed by atoms with Crippen LogP contribution in [0.3, 0.4) is 0 Å². The summed E-state index contributed by atoms with van der Waals surface area (Å²) in [6.07, 6.45) is 1.98. The van der Waals surface area contributed by atoms with E-state index in [1.807, 2.05) is 18.2 Å². The normalized spacial score (nSPS) is 10.7. The largest absolute Gasteiger partial charge is 0.263 e. The van der Waals surface area contributed by atoms with Crippen LogP contribution in [0.15, 0.2) is 18.2 Å². The van der Waals surface area contributed by atoms with Crippen molar-refractivity contribution < 1.29 is 0 Å². The summed E-state index contributed by atoms with van der Waals surface area (Å²) in [5.74, 6) is 1.64. The van der Waals surface area contributed by atoms with Gasteiger partial charge in [0.25, 0.3) is 0 Å². The number of halogens is 2. The molecule has 5 heteroatoms. The van der Waals surface area contributed by atoms with Crippen LogP contribution < -0.4 is 0 Å². The highest BCUT2D eigenvalue weighted by Crippen LogP contribution is 2.25. The van der Waals surface area contributed by atoms with Crippen molar-refractivity contribution in [2.45, 2.75) is 19.8 Å². The lowest BCUT2D eigenvalue weighted by molar-refractivity contribution is 0.841. The molecular formula is C11H11ClIN3. The van der Waals surface area contributed by atoms with E-state index in [-0.39, 0.29) is 0 Å². The Morgan fingerprint density at radius 3 is 3.00 bits per heavy atom. The first-order valence-corrected chi connectivity index (χ1v) is 6.53. The van der Waals surface area contributed by atoms with Gasteiger partial charge in [0, 0.05) is 20.6 Å². The maximum Gasteiger partial charge on any atom is 0.182 e. The lowest BCUT2D eigenvalue weighted by Gasteiger charge is -1.99. The molecule has 0 aliphatic carbocycles. The van der Waals surface area contributed by atoms with E-state index in [4.69, 9.17) is 11.6 Å². The van der Waals surface area contributed by atoms with Gasteiger partial charge in [0.1, 0.15) is 5.82 Å². The Kier molecular flexibility index (Phi) is 3.81. The Morgan fingerprint density at radius 1 is 1.44 bits per heavy atom. The van der Waals surface area contributed by atoms with E-state index in [9.17, 15) is 0 Å². The highest BCUT2D eigenvalue weighted by molar-refractivity contribution is 14.1. The SMILES string of the molecule is CCCc1nc(-c2cc(Cl)ccc2I)n[nH]1. The number of nitrogens with zero attached hydrogens (tertiary/aromatic N) is 2. The summed E-state index contributed by atoms with van der Waals surface area (Å²) in [5, 5.41) is 7.86. The molecule has 2 rings (SSSR count). The third-order valence-corrected chi connectivity index (χ3v) is 3.36. The van der Waals surface area contributed by atoms with E-state index in [1.54, 1.807) is 0 Å². The van der Waals surface area contributed by atoms with E-state index in [0.29, 0.717) is 5.02 Å². The number of hydrogen-bond donors (Lipinski definition) is 1. The van der Waals surface area contributed by atoms with E-state index >= 15 is 0 Å². The van der Waals surface area contributed by atoms with E-state index in [0.717, 1.165) is 33.6 Å². The number of aromatic nitrogens is 3. The van der Waals surface area contributed by atoms with Crippen molar-refractivity contribution in [3.05, 3.63) is 32.6 Å². The summed E-state index contributed by atoms with van der Waals surface area (Å²) >= 11 is 8.22. The molecule has 0 radical (unpaired) electrons. The summed E-state index contributed by atoms with van der Waals surface area (Å²) in [6, 6.07) is 5.72. The lowest BCUT2D eigenvalue weighted by atomic mass is 10.2. The number of aryl methyl sites for hydroxylation is 1. The zero-order valence-corrected chi connectivity index (χ0v) is 11.7. The summed E-state index contributed by atoms with van der Waals surface area (Å²) in [6.45, 7) is 2.12. The molecule has 0 bridgehead atoms. The Balaban J connectivity index is 2.38. The van der Waals surface area contributed by atoms with Gasteiger partial charge in [0.05, 0.1) is 0 Å². The van der Waals surface area contributed by atoms with Crippen molar-refractivity contribution in [1.29, 1.82) is 0 Å². The van der Waals surface area contributed by atoms with Gasteiger partial charge < -0.3 is 0 Å². The topological polar surface area (TPSA) is 41.6 Å². The van der Waals surface area contributed by atoms with Gasteiger partial charge in [-0.05, 0) is 47.2 Å². The van der Waals surface area contributed by atoms with Gasteiger partial charge in [0.15, 0.2) is 5.82 Å². The third-order valence-electron chi connectivity index (χ3n) is 2.19.